The number of amides is 1. The van der Waals surface area contributed by atoms with E-state index in [-0.39, 0.29) is 18.6 Å². The molecule has 1 amide bonds. The molecule has 21 heavy (non-hydrogen) atoms. The maximum atomic E-state index is 11.1. The van der Waals surface area contributed by atoms with Crippen LogP contribution in [0.4, 0.5) is 0 Å². The minimum absolute atomic E-state index is 0.0255. The summed E-state index contributed by atoms with van der Waals surface area (Å²) in [5.41, 5.74) is 7.14. The van der Waals surface area contributed by atoms with E-state index in [1.807, 2.05) is 24.4 Å². The summed E-state index contributed by atoms with van der Waals surface area (Å²) in [4.78, 5) is 11.1. The van der Waals surface area contributed by atoms with Crippen molar-refractivity contribution >= 4 is 5.91 Å². The Balaban J connectivity index is 1.55. The van der Waals surface area contributed by atoms with Gasteiger partial charge in [0.2, 0.25) is 5.91 Å². The molecule has 0 fully saturated rings. The molecule has 1 aliphatic heterocycles. The smallest absolute Gasteiger partial charge is 0.234 e. The third kappa shape index (κ3) is 3.19. The summed E-state index contributed by atoms with van der Waals surface area (Å²) in [7, 11) is 0. The first kappa shape index (κ1) is 13.6. The zero-order chi connectivity index (χ0) is 14.7. The number of nitrogens with one attached hydrogen (secondary N) is 1. The molecule has 3 N–H and O–H groups in total. The van der Waals surface area contributed by atoms with Crippen molar-refractivity contribution in [3.05, 3.63) is 41.7 Å². The Morgan fingerprint density at radius 3 is 3.14 bits per heavy atom. The molecule has 7 nitrogen and oxygen atoms in total. The van der Waals surface area contributed by atoms with Crippen molar-refractivity contribution in [3.8, 4) is 5.75 Å². The van der Waals surface area contributed by atoms with Crippen LogP contribution in [0.2, 0.25) is 0 Å². The van der Waals surface area contributed by atoms with Gasteiger partial charge in [-0.2, -0.15) is 0 Å². The third-order valence-corrected chi connectivity index (χ3v) is 3.34. The first-order chi connectivity index (χ1) is 10.2. The molecule has 0 bridgehead atoms. The second kappa shape index (κ2) is 5.92. The summed E-state index contributed by atoms with van der Waals surface area (Å²) in [5.74, 6) is 0.733. The van der Waals surface area contributed by atoms with Crippen molar-refractivity contribution in [2.45, 2.75) is 25.6 Å². The second-order valence-corrected chi connectivity index (χ2v) is 4.96. The van der Waals surface area contributed by atoms with Crippen molar-refractivity contribution < 1.29 is 9.53 Å². The van der Waals surface area contributed by atoms with Gasteiger partial charge in [0.25, 0.3) is 0 Å². The maximum absolute atomic E-state index is 11.1. The second-order valence-electron chi connectivity index (χ2n) is 4.96. The molecule has 0 spiro atoms. The summed E-state index contributed by atoms with van der Waals surface area (Å²) in [6, 6.07) is 8.03. The van der Waals surface area contributed by atoms with Gasteiger partial charge in [0.05, 0.1) is 25.8 Å². The molecule has 2 aromatic rings. The zero-order valence-electron chi connectivity index (χ0n) is 11.5. The SMILES string of the molecule is NCC(=O)NCc1cn(CC2Cc3ccccc3O2)nn1. The van der Waals surface area contributed by atoms with Crippen LogP contribution in [0.5, 0.6) is 5.75 Å². The number of ether oxygens (including phenoxy) is 1. The minimum Gasteiger partial charge on any atom is -0.488 e. The molecule has 1 atom stereocenters. The van der Waals surface area contributed by atoms with Gasteiger partial charge in [-0.3, -0.25) is 4.79 Å². The molecule has 3 rings (SSSR count). The quantitative estimate of drug-likeness (QED) is 0.798. The maximum Gasteiger partial charge on any atom is 0.234 e. The molecule has 2 heterocycles. The largest absolute Gasteiger partial charge is 0.488 e. The molecule has 0 saturated heterocycles. The Kier molecular flexibility index (Phi) is 3.83. The lowest BCUT2D eigenvalue weighted by Crippen LogP contribution is -2.29. The van der Waals surface area contributed by atoms with E-state index < -0.39 is 0 Å². The Labute approximate surface area is 122 Å². The Morgan fingerprint density at radius 1 is 1.48 bits per heavy atom. The Morgan fingerprint density at radius 2 is 2.33 bits per heavy atom. The first-order valence-electron chi connectivity index (χ1n) is 6.85. The number of hydrogen-bond acceptors (Lipinski definition) is 5. The van der Waals surface area contributed by atoms with Gasteiger partial charge in [0.1, 0.15) is 17.5 Å². The summed E-state index contributed by atoms with van der Waals surface area (Å²) in [5, 5.41) is 10.7. The fourth-order valence-electron chi connectivity index (χ4n) is 2.33. The van der Waals surface area contributed by atoms with Crippen LogP contribution in [0.3, 0.4) is 0 Å². The van der Waals surface area contributed by atoms with Crippen LogP contribution in [0.1, 0.15) is 11.3 Å². The van der Waals surface area contributed by atoms with Gasteiger partial charge in [-0.05, 0) is 11.6 Å². The summed E-state index contributed by atoms with van der Waals surface area (Å²) >= 11 is 0. The van der Waals surface area contributed by atoms with E-state index in [0.717, 1.165) is 12.2 Å². The van der Waals surface area contributed by atoms with E-state index in [9.17, 15) is 4.79 Å². The number of benzene rings is 1. The number of hydrogen-bond donors (Lipinski definition) is 2. The van der Waals surface area contributed by atoms with Gasteiger partial charge >= 0.3 is 0 Å². The lowest BCUT2D eigenvalue weighted by atomic mass is 10.1. The lowest BCUT2D eigenvalue weighted by Gasteiger charge is -2.09. The fourth-order valence-corrected chi connectivity index (χ4v) is 2.33. The predicted molar refractivity (Wildman–Crippen MR) is 75.5 cm³/mol. The molecule has 0 aliphatic carbocycles. The number of aromatic nitrogens is 3. The molecular formula is C14H17N5O2. The number of fused-ring (bicyclic) bond motifs is 1. The summed E-state index contributed by atoms with van der Waals surface area (Å²) in [6.07, 6.45) is 2.74. The number of nitrogens with zero attached hydrogens (tertiary/aromatic N) is 3. The third-order valence-electron chi connectivity index (χ3n) is 3.34. The topological polar surface area (TPSA) is 95.1 Å². The van der Waals surface area contributed by atoms with Gasteiger partial charge in [0, 0.05) is 6.42 Å². The van der Waals surface area contributed by atoms with Crippen LogP contribution >= 0.6 is 0 Å². The highest BCUT2D eigenvalue weighted by Crippen LogP contribution is 2.28. The van der Waals surface area contributed by atoms with E-state index in [4.69, 9.17) is 10.5 Å². The average molecular weight is 287 g/mol. The van der Waals surface area contributed by atoms with E-state index >= 15 is 0 Å². The van der Waals surface area contributed by atoms with Crippen molar-refractivity contribution in [1.82, 2.24) is 20.3 Å². The van der Waals surface area contributed by atoms with Crippen LogP contribution < -0.4 is 15.8 Å². The van der Waals surface area contributed by atoms with Crippen molar-refractivity contribution in [2.75, 3.05) is 6.54 Å². The van der Waals surface area contributed by atoms with Gasteiger partial charge in [-0.25, -0.2) is 4.68 Å². The fraction of sp³-hybridized carbons (Fsp3) is 0.357. The van der Waals surface area contributed by atoms with Crippen LogP contribution in [-0.4, -0.2) is 33.5 Å². The molecule has 0 radical (unpaired) electrons. The highest BCUT2D eigenvalue weighted by atomic mass is 16.5. The number of carbonyl (C=O) groups excluding carboxylic acids is 1. The lowest BCUT2D eigenvalue weighted by molar-refractivity contribution is -0.119. The van der Waals surface area contributed by atoms with E-state index in [2.05, 4.69) is 21.7 Å². The van der Waals surface area contributed by atoms with E-state index in [0.29, 0.717) is 18.8 Å². The standard InChI is InChI=1S/C14H17N5O2/c15-6-14(20)16-7-11-8-19(18-17-11)9-12-5-10-3-1-2-4-13(10)21-12/h1-4,8,12H,5-7,9,15H2,(H,16,20). The normalized spacial score (nSPS) is 16.3. The Hall–Kier alpha value is -2.41. The zero-order valence-corrected chi connectivity index (χ0v) is 11.5. The van der Waals surface area contributed by atoms with Crippen LogP contribution in [-0.2, 0) is 24.3 Å². The predicted octanol–water partition coefficient (Wildman–Crippen LogP) is -0.143. The van der Waals surface area contributed by atoms with E-state index in [1.165, 1.54) is 5.56 Å². The van der Waals surface area contributed by atoms with Crippen LogP contribution in [0.15, 0.2) is 30.5 Å². The summed E-state index contributed by atoms with van der Waals surface area (Å²) in [6.45, 7) is 0.941. The van der Waals surface area contributed by atoms with Gasteiger partial charge in [0.15, 0.2) is 0 Å². The van der Waals surface area contributed by atoms with E-state index in [1.54, 1.807) is 4.68 Å². The molecule has 1 aromatic carbocycles. The van der Waals surface area contributed by atoms with Crippen molar-refractivity contribution in [1.29, 1.82) is 0 Å². The number of para-hydroxylation sites is 1. The molecule has 7 heteroatoms. The van der Waals surface area contributed by atoms with Crippen LogP contribution in [0.25, 0.3) is 0 Å². The molecule has 110 valence electrons. The summed E-state index contributed by atoms with van der Waals surface area (Å²) < 4.78 is 7.60. The highest BCUT2D eigenvalue weighted by Gasteiger charge is 2.23. The first-order valence-corrected chi connectivity index (χ1v) is 6.85. The number of nitrogens with two attached hydrogens (primary N) is 1. The number of rotatable bonds is 5. The minimum atomic E-state index is -0.209. The average Bonchev–Trinajstić information content (AvgIpc) is 3.10. The molecular weight excluding hydrogens is 270 g/mol. The van der Waals surface area contributed by atoms with Gasteiger partial charge in [-0.15, -0.1) is 5.10 Å². The Bertz CT molecular complexity index is 615. The van der Waals surface area contributed by atoms with Crippen molar-refractivity contribution in [2.24, 2.45) is 5.73 Å². The van der Waals surface area contributed by atoms with Gasteiger partial charge < -0.3 is 15.8 Å². The van der Waals surface area contributed by atoms with Crippen LogP contribution in [0, 0.1) is 0 Å². The monoisotopic (exact) mass is 287 g/mol. The molecule has 1 unspecified atom stereocenters. The van der Waals surface area contributed by atoms with Crippen molar-refractivity contribution in [3.63, 3.8) is 0 Å². The molecule has 0 saturated carbocycles. The number of carbonyl (C=O) groups is 1. The molecule has 1 aliphatic rings. The molecule has 1 aromatic heterocycles. The highest BCUT2D eigenvalue weighted by molar-refractivity contribution is 5.77. The van der Waals surface area contributed by atoms with Gasteiger partial charge in [-0.1, -0.05) is 23.4 Å².